The largest absolute Gasteiger partial charge is 0.417 e. The third-order valence-electron chi connectivity index (χ3n) is 7.76. The van der Waals surface area contributed by atoms with E-state index in [0.29, 0.717) is 45.7 Å². The van der Waals surface area contributed by atoms with E-state index in [9.17, 15) is 9.18 Å². The van der Waals surface area contributed by atoms with Gasteiger partial charge in [-0.1, -0.05) is 54.4 Å². The number of carbonyl (C=O) groups is 1. The van der Waals surface area contributed by atoms with Gasteiger partial charge in [-0.15, -0.1) is 0 Å². The second-order valence-electron chi connectivity index (χ2n) is 10.3. The first-order valence-corrected chi connectivity index (χ1v) is 14.5. The lowest BCUT2D eigenvalue weighted by molar-refractivity contribution is 0.0607. The molecule has 0 aliphatic carbocycles. The number of aromatic nitrogens is 1. The summed E-state index contributed by atoms with van der Waals surface area (Å²) < 4.78 is 19.6. The molecule has 212 valence electrons. The first-order valence-electron chi connectivity index (χ1n) is 13.8. The van der Waals surface area contributed by atoms with E-state index in [1.165, 1.54) is 6.07 Å². The SMILES string of the molecule is CC[C@H]1CN(c2ncc(NC(=O)Oc3ccccc3)cc2Cl)CCN1C1CCN(Cc2ccc(Cl)cc2F)CC1. The number of nitrogens with one attached hydrogen (secondary N) is 1. The van der Waals surface area contributed by atoms with Gasteiger partial charge >= 0.3 is 6.09 Å². The minimum absolute atomic E-state index is 0.236. The Balaban J connectivity index is 1.14. The van der Waals surface area contributed by atoms with E-state index in [1.807, 2.05) is 6.07 Å². The summed E-state index contributed by atoms with van der Waals surface area (Å²) in [6.07, 6.45) is 4.16. The van der Waals surface area contributed by atoms with Gasteiger partial charge < -0.3 is 9.64 Å². The molecule has 1 N–H and O–H groups in total. The van der Waals surface area contributed by atoms with Crippen LogP contribution in [0.25, 0.3) is 0 Å². The zero-order chi connectivity index (χ0) is 28.1. The topological polar surface area (TPSA) is 60.9 Å². The molecule has 0 unspecified atom stereocenters. The number of pyridine rings is 1. The molecule has 2 fully saturated rings. The molecule has 5 rings (SSSR count). The van der Waals surface area contributed by atoms with Gasteiger partial charge in [0.2, 0.25) is 0 Å². The van der Waals surface area contributed by atoms with E-state index in [0.717, 1.165) is 57.8 Å². The quantitative estimate of drug-likeness (QED) is 0.333. The lowest BCUT2D eigenvalue weighted by Crippen LogP contribution is -2.58. The average Bonchev–Trinajstić information content (AvgIpc) is 2.95. The maximum atomic E-state index is 14.3. The number of hydrogen-bond acceptors (Lipinski definition) is 6. The smallest absolute Gasteiger partial charge is 0.410 e. The third kappa shape index (κ3) is 7.04. The van der Waals surface area contributed by atoms with Crippen LogP contribution in [-0.4, -0.2) is 65.7 Å². The van der Waals surface area contributed by atoms with Gasteiger partial charge in [-0.25, -0.2) is 14.2 Å². The van der Waals surface area contributed by atoms with Crippen LogP contribution in [0.1, 0.15) is 31.7 Å². The second-order valence-corrected chi connectivity index (χ2v) is 11.2. The number of rotatable bonds is 7. The van der Waals surface area contributed by atoms with Crippen LogP contribution in [0, 0.1) is 5.82 Å². The Labute approximate surface area is 244 Å². The van der Waals surface area contributed by atoms with Crippen LogP contribution in [-0.2, 0) is 6.54 Å². The molecule has 2 aromatic carbocycles. The molecule has 3 heterocycles. The summed E-state index contributed by atoms with van der Waals surface area (Å²) in [5.41, 5.74) is 1.17. The normalized spacial score (nSPS) is 19.0. The molecule has 0 bridgehead atoms. The van der Waals surface area contributed by atoms with Crippen molar-refractivity contribution in [1.82, 2.24) is 14.8 Å². The molecule has 0 spiro atoms. The number of anilines is 2. The lowest BCUT2D eigenvalue weighted by atomic mass is 9.97. The predicted molar refractivity (Wildman–Crippen MR) is 158 cm³/mol. The fourth-order valence-corrected chi connectivity index (χ4v) is 6.12. The molecular formula is C30H34Cl2FN5O2. The van der Waals surface area contributed by atoms with Crippen molar-refractivity contribution in [3.63, 3.8) is 0 Å². The van der Waals surface area contributed by atoms with Crippen LogP contribution in [0.5, 0.6) is 5.75 Å². The summed E-state index contributed by atoms with van der Waals surface area (Å²) in [7, 11) is 0. The Hall–Kier alpha value is -2.91. The van der Waals surface area contributed by atoms with Crippen molar-refractivity contribution < 1.29 is 13.9 Å². The Bertz CT molecular complexity index is 1310. The minimum Gasteiger partial charge on any atom is -0.410 e. The molecule has 0 saturated carbocycles. The van der Waals surface area contributed by atoms with Gasteiger partial charge in [-0.2, -0.15) is 0 Å². The molecule has 10 heteroatoms. The molecule has 2 aliphatic rings. The standard InChI is InChI=1S/C30H34Cl2FN5O2/c1-2-24-20-37(29-27(32)17-23(18-34-29)35-30(39)40-26-6-4-3-5-7-26)14-15-38(24)25-10-12-36(13-11-25)19-21-8-9-22(31)16-28(21)33/h3-9,16-18,24-25H,2,10-15,19-20H2,1H3,(H,35,39)/t24-/m0/s1. The summed E-state index contributed by atoms with van der Waals surface area (Å²) >= 11 is 12.5. The van der Waals surface area contributed by atoms with Gasteiger partial charge in [0.1, 0.15) is 17.4 Å². The van der Waals surface area contributed by atoms with Crippen molar-refractivity contribution in [2.24, 2.45) is 0 Å². The monoisotopic (exact) mass is 585 g/mol. The number of benzene rings is 2. The van der Waals surface area contributed by atoms with Crippen molar-refractivity contribution in [3.8, 4) is 5.75 Å². The van der Waals surface area contributed by atoms with Crippen molar-refractivity contribution in [2.75, 3.05) is 42.9 Å². The van der Waals surface area contributed by atoms with Crippen LogP contribution < -0.4 is 15.0 Å². The number of piperazine rings is 1. The lowest BCUT2D eigenvalue weighted by Gasteiger charge is -2.47. The van der Waals surface area contributed by atoms with Crippen LogP contribution in [0.3, 0.4) is 0 Å². The fraction of sp³-hybridized carbons (Fsp3) is 0.400. The van der Waals surface area contributed by atoms with Crippen LogP contribution in [0.2, 0.25) is 10.0 Å². The minimum atomic E-state index is -0.596. The first kappa shape index (κ1) is 28.6. The summed E-state index contributed by atoms with van der Waals surface area (Å²) in [5, 5.41) is 3.61. The number of carbonyl (C=O) groups excluding carboxylic acids is 1. The zero-order valence-electron chi connectivity index (χ0n) is 22.5. The van der Waals surface area contributed by atoms with Gasteiger partial charge in [0.15, 0.2) is 0 Å². The number of para-hydroxylation sites is 1. The molecular weight excluding hydrogens is 552 g/mol. The van der Waals surface area contributed by atoms with E-state index in [2.05, 4.69) is 31.9 Å². The Morgan fingerprint density at radius 2 is 1.85 bits per heavy atom. The molecule has 3 aromatic rings. The molecule has 1 atom stereocenters. The van der Waals surface area contributed by atoms with Crippen molar-refractivity contribution in [2.45, 2.75) is 44.8 Å². The van der Waals surface area contributed by atoms with Gasteiger partial charge in [0.05, 0.1) is 16.9 Å². The van der Waals surface area contributed by atoms with Crippen molar-refractivity contribution in [3.05, 3.63) is 82.2 Å². The van der Waals surface area contributed by atoms with Crippen molar-refractivity contribution in [1.29, 1.82) is 0 Å². The predicted octanol–water partition coefficient (Wildman–Crippen LogP) is 6.70. The zero-order valence-corrected chi connectivity index (χ0v) is 24.0. The number of hydrogen-bond donors (Lipinski definition) is 1. The highest BCUT2D eigenvalue weighted by atomic mass is 35.5. The molecule has 1 aromatic heterocycles. The van der Waals surface area contributed by atoms with Crippen LogP contribution in [0.15, 0.2) is 60.8 Å². The summed E-state index contributed by atoms with van der Waals surface area (Å²) in [6, 6.07) is 16.4. The Morgan fingerprint density at radius 3 is 2.55 bits per heavy atom. The highest BCUT2D eigenvalue weighted by Gasteiger charge is 2.34. The Kier molecular flexibility index (Phi) is 9.42. The number of amides is 1. The number of nitrogens with zero attached hydrogens (tertiary/aromatic N) is 4. The summed E-state index contributed by atoms with van der Waals surface area (Å²) in [6.45, 7) is 7.30. The third-order valence-corrected chi connectivity index (χ3v) is 8.27. The number of piperidine rings is 1. The highest BCUT2D eigenvalue weighted by molar-refractivity contribution is 6.33. The average molecular weight is 587 g/mol. The molecule has 2 saturated heterocycles. The van der Waals surface area contributed by atoms with Gasteiger partial charge in [0, 0.05) is 48.8 Å². The second kappa shape index (κ2) is 13.2. The van der Waals surface area contributed by atoms with E-state index < -0.39 is 6.09 Å². The van der Waals surface area contributed by atoms with Gasteiger partial charge in [-0.3, -0.25) is 15.1 Å². The van der Waals surface area contributed by atoms with Crippen LogP contribution in [0.4, 0.5) is 20.7 Å². The van der Waals surface area contributed by atoms with Crippen LogP contribution >= 0.6 is 23.2 Å². The molecule has 2 aliphatic heterocycles. The molecule has 0 radical (unpaired) electrons. The maximum absolute atomic E-state index is 14.3. The summed E-state index contributed by atoms with van der Waals surface area (Å²) in [5.74, 6) is 0.946. The summed E-state index contributed by atoms with van der Waals surface area (Å²) in [4.78, 5) is 24.0. The first-order chi connectivity index (χ1) is 19.4. The molecule has 40 heavy (non-hydrogen) atoms. The van der Waals surface area contributed by atoms with E-state index in [-0.39, 0.29) is 5.82 Å². The fourth-order valence-electron chi connectivity index (χ4n) is 5.68. The van der Waals surface area contributed by atoms with Crippen molar-refractivity contribution >= 4 is 40.8 Å². The highest BCUT2D eigenvalue weighted by Crippen LogP contribution is 2.31. The molecule has 1 amide bonds. The number of likely N-dealkylation sites (tertiary alicyclic amines) is 1. The van der Waals surface area contributed by atoms with Gasteiger partial charge in [-0.05, 0) is 62.7 Å². The Morgan fingerprint density at radius 1 is 1.07 bits per heavy atom. The number of ether oxygens (including phenoxy) is 1. The molecule has 7 nitrogen and oxygen atoms in total. The van der Waals surface area contributed by atoms with E-state index in [4.69, 9.17) is 27.9 Å². The van der Waals surface area contributed by atoms with Gasteiger partial charge in [0.25, 0.3) is 0 Å². The number of halogens is 3. The van der Waals surface area contributed by atoms with E-state index in [1.54, 1.807) is 48.7 Å². The van der Waals surface area contributed by atoms with E-state index >= 15 is 0 Å². The maximum Gasteiger partial charge on any atom is 0.417 e.